The van der Waals surface area contributed by atoms with Crippen LogP contribution >= 0.6 is 0 Å². The topological polar surface area (TPSA) is 38.0 Å². The first-order valence-corrected chi connectivity index (χ1v) is 25.4. The number of fused-ring (bicyclic) bond motifs is 6. The number of aromatic nitrogens is 2. The summed E-state index contributed by atoms with van der Waals surface area (Å²) in [7, 11) is 0. The molecular formula is C70H54N4. The van der Waals surface area contributed by atoms with Crippen molar-refractivity contribution < 1.29 is 0 Å². The van der Waals surface area contributed by atoms with E-state index in [2.05, 4.69) is 233 Å². The zero-order chi connectivity index (χ0) is 51.1. The molecule has 0 N–H and O–H groups in total. The van der Waals surface area contributed by atoms with Crippen molar-refractivity contribution in [2.75, 3.05) is 0 Å². The molecule has 74 heavy (non-hydrogen) atoms. The summed E-state index contributed by atoms with van der Waals surface area (Å²) >= 11 is 0. The largest absolute Gasteiger partial charge is 0.310 e. The molecule has 12 aromatic rings. The summed E-state index contributed by atoms with van der Waals surface area (Å²) in [6.45, 7) is 25.9. The van der Waals surface area contributed by atoms with E-state index < -0.39 is 0 Å². The van der Waals surface area contributed by atoms with E-state index in [0.29, 0.717) is 11.3 Å². The molecule has 2 aromatic heterocycles. The first-order chi connectivity index (χ1) is 35.8. The highest BCUT2D eigenvalue weighted by Crippen LogP contribution is 2.43. The van der Waals surface area contributed by atoms with Gasteiger partial charge in [-0.15, -0.1) is 0 Å². The van der Waals surface area contributed by atoms with Gasteiger partial charge < -0.3 is 9.13 Å². The average molecular weight is 951 g/mol. The quantitative estimate of drug-likeness (QED) is 0.147. The van der Waals surface area contributed by atoms with E-state index in [1.165, 1.54) is 66.8 Å². The normalized spacial score (nSPS) is 11.5. The lowest BCUT2D eigenvalue weighted by atomic mass is 9.96. The van der Waals surface area contributed by atoms with E-state index in [4.69, 9.17) is 6.57 Å². The molecule has 354 valence electrons. The first-order valence-electron chi connectivity index (χ1n) is 25.4. The standard InChI is InChI=1S/C70H54N4/c1-41-10-20-56(45(5)30-41)49-14-24-62-63-25-15-50(57-21-11-42(2)31-46(57)6)36-68(63)73(67(62)35-49)54-18-28-60(53(34-54)40-71)61-29-19-55(39-66(61)72-9)74-69-37-51(58-22-12-43(3)32-47(58)7)16-26-64(69)65-27-17-52(38-70(65)74)59-23-13-44(4)33-48(59)8/h10-39H,1-8H3. The molecule has 0 aliphatic heterocycles. The monoisotopic (exact) mass is 950 g/mol. The van der Waals surface area contributed by atoms with Crippen LogP contribution in [0.5, 0.6) is 0 Å². The second-order valence-electron chi connectivity index (χ2n) is 20.5. The minimum atomic E-state index is 0.478. The fourth-order valence-electron chi connectivity index (χ4n) is 11.8. The second-order valence-corrected chi connectivity index (χ2v) is 20.5. The van der Waals surface area contributed by atoms with Crippen molar-refractivity contribution in [1.82, 2.24) is 9.13 Å². The molecule has 0 radical (unpaired) electrons. The van der Waals surface area contributed by atoms with Gasteiger partial charge in [0.1, 0.15) is 0 Å². The maximum atomic E-state index is 11.1. The second kappa shape index (κ2) is 17.8. The van der Waals surface area contributed by atoms with E-state index in [1.54, 1.807) is 0 Å². The summed E-state index contributed by atoms with van der Waals surface area (Å²) in [5.74, 6) is 0. The minimum Gasteiger partial charge on any atom is -0.310 e. The van der Waals surface area contributed by atoms with Crippen LogP contribution in [0.2, 0.25) is 0 Å². The molecule has 10 aromatic carbocycles. The summed E-state index contributed by atoms with van der Waals surface area (Å²) in [4.78, 5) is 4.20. The van der Waals surface area contributed by atoms with Gasteiger partial charge in [0.25, 0.3) is 0 Å². The van der Waals surface area contributed by atoms with E-state index in [-0.39, 0.29) is 0 Å². The Morgan fingerprint density at radius 3 is 0.959 bits per heavy atom. The number of nitriles is 1. The van der Waals surface area contributed by atoms with Gasteiger partial charge in [-0.1, -0.05) is 156 Å². The van der Waals surface area contributed by atoms with E-state index >= 15 is 0 Å². The van der Waals surface area contributed by atoms with E-state index in [1.807, 2.05) is 24.3 Å². The van der Waals surface area contributed by atoms with Gasteiger partial charge in [0, 0.05) is 32.9 Å². The van der Waals surface area contributed by atoms with Crippen molar-refractivity contribution in [3.05, 3.63) is 243 Å². The molecule has 4 nitrogen and oxygen atoms in total. The number of nitrogens with zero attached hydrogens (tertiary/aromatic N) is 4. The molecule has 0 unspecified atom stereocenters. The lowest BCUT2D eigenvalue weighted by Crippen LogP contribution is -1.98. The number of aryl methyl sites for hydroxylation is 8. The average Bonchev–Trinajstić information content (AvgIpc) is 3.89. The predicted molar refractivity (Wildman–Crippen MR) is 311 cm³/mol. The molecule has 0 amide bonds. The van der Waals surface area contributed by atoms with Crippen molar-refractivity contribution in [2.24, 2.45) is 0 Å². The Hall–Kier alpha value is -9.22. The van der Waals surface area contributed by atoms with Crippen LogP contribution in [-0.2, 0) is 0 Å². The summed E-state index contributed by atoms with van der Waals surface area (Å²) in [5, 5.41) is 15.7. The van der Waals surface area contributed by atoms with Crippen molar-refractivity contribution >= 4 is 49.3 Å². The van der Waals surface area contributed by atoms with Crippen LogP contribution in [0, 0.1) is 73.3 Å². The fourth-order valence-corrected chi connectivity index (χ4v) is 11.8. The molecule has 2 heterocycles. The summed E-state index contributed by atoms with van der Waals surface area (Å²) < 4.78 is 4.63. The molecule has 0 saturated heterocycles. The van der Waals surface area contributed by atoms with Crippen LogP contribution in [-0.4, -0.2) is 9.13 Å². The smallest absolute Gasteiger partial charge is 0.197 e. The third-order valence-electron chi connectivity index (χ3n) is 15.3. The van der Waals surface area contributed by atoms with Crippen molar-refractivity contribution in [3.8, 4) is 73.1 Å². The molecule has 0 spiro atoms. The minimum absolute atomic E-state index is 0.478. The van der Waals surface area contributed by atoms with Gasteiger partial charge in [-0.2, -0.15) is 5.26 Å². The maximum Gasteiger partial charge on any atom is 0.197 e. The lowest BCUT2D eigenvalue weighted by Gasteiger charge is -2.15. The highest BCUT2D eigenvalue weighted by Gasteiger charge is 2.21. The summed E-state index contributed by atoms with van der Waals surface area (Å²) in [6.07, 6.45) is 0. The van der Waals surface area contributed by atoms with Crippen molar-refractivity contribution in [2.45, 2.75) is 55.4 Å². The number of hydrogen-bond acceptors (Lipinski definition) is 1. The van der Waals surface area contributed by atoms with Gasteiger partial charge in [0.15, 0.2) is 5.69 Å². The van der Waals surface area contributed by atoms with Crippen molar-refractivity contribution in [1.29, 1.82) is 5.26 Å². The highest BCUT2D eigenvalue weighted by molar-refractivity contribution is 6.13. The number of rotatable bonds is 7. The van der Waals surface area contributed by atoms with E-state index in [0.717, 1.165) is 88.4 Å². The maximum absolute atomic E-state index is 11.1. The van der Waals surface area contributed by atoms with Crippen LogP contribution in [0.4, 0.5) is 5.69 Å². The van der Waals surface area contributed by atoms with Crippen LogP contribution < -0.4 is 0 Å². The molecule has 12 rings (SSSR count). The zero-order valence-electron chi connectivity index (χ0n) is 43.1. The van der Waals surface area contributed by atoms with Gasteiger partial charge in [-0.3, -0.25) is 0 Å². The van der Waals surface area contributed by atoms with Gasteiger partial charge in [0.2, 0.25) is 0 Å². The van der Waals surface area contributed by atoms with Gasteiger partial charge in [-0.25, -0.2) is 4.85 Å². The van der Waals surface area contributed by atoms with Gasteiger partial charge >= 0.3 is 0 Å². The molecular weight excluding hydrogens is 897 g/mol. The molecule has 0 saturated carbocycles. The Balaban J connectivity index is 1.03. The molecule has 0 aliphatic rings. The zero-order valence-corrected chi connectivity index (χ0v) is 43.1. The Morgan fingerprint density at radius 2 is 0.649 bits per heavy atom. The predicted octanol–water partition coefficient (Wildman–Crippen LogP) is 19.1. The van der Waals surface area contributed by atoms with E-state index in [9.17, 15) is 5.26 Å². The van der Waals surface area contributed by atoms with Crippen molar-refractivity contribution in [3.63, 3.8) is 0 Å². The fraction of sp³-hybridized carbons (Fsp3) is 0.114. The summed E-state index contributed by atoms with van der Waals surface area (Å²) in [6, 6.07) is 68.5. The Morgan fingerprint density at radius 1 is 0.338 bits per heavy atom. The third-order valence-corrected chi connectivity index (χ3v) is 15.3. The SMILES string of the molecule is [C-]#[N+]c1cc(-n2c3cc(-c4ccc(C)cc4C)ccc3c3ccc(-c4ccc(C)cc4C)cc32)ccc1-c1ccc(-n2c3cc(-c4ccc(C)cc4C)ccc3c3ccc(-c4ccc(C)cc4C)cc32)cc1C#N. The van der Waals surface area contributed by atoms with Crippen LogP contribution in [0.1, 0.15) is 50.1 Å². The van der Waals surface area contributed by atoms with Gasteiger partial charge in [-0.05, 0) is 182 Å². The van der Waals surface area contributed by atoms with Crippen LogP contribution in [0.3, 0.4) is 0 Å². The molecule has 4 heteroatoms. The van der Waals surface area contributed by atoms with Crippen LogP contribution in [0.25, 0.3) is 115 Å². The van der Waals surface area contributed by atoms with Gasteiger partial charge in [0.05, 0.1) is 40.3 Å². The van der Waals surface area contributed by atoms with Crippen LogP contribution in [0.15, 0.2) is 182 Å². The lowest BCUT2D eigenvalue weighted by molar-refractivity contribution is 1.17. The Bertz CT molecular complexity index is 3920. The number of benzene rings is 10. The molecule has 0 fully saturated rings. The third kappa shape index (κ3) is 7.67. The molecule has 0 aliphatic carbocycles. The molecule has 0 atom stereocenters. The number of hydrogen-bond donors (Lipinski definition) is 0. The highest BCUT2D eigenvalue weighted by atomic mass is 15.0. The Kier molecular flexibility index (Phi) is 11.0. The Labute approximate surface area is 433 Å². The first kappa shape index (κ1) is 45.9. The molecule has 0 bridgehead atoms. The summed E-state index contributed by atoms with van der Waals surface area (Å²) in [5.41, 5.74) is 27.6.